The van der Waals surface area contributed by atoms with Crippen molar-refractivity contribution in [3.63, 3.8) is 0 Å². The minimum Gasteiger partial charge on any atom is -0.497 e. The second-order valence-electron chi connectivity index (χ2n) is 6.14. The maximum Gasteiger partial charge on any atom is 0.310 e. The first kappa shape index (κ1) is 19.5. The predicted octanol–water partition coefficient (Wildman–Crippen LogP) is 3.19. The van der Waals surface area contributed by atoms with Crippen LogP contribution < -0.4 is 4.74 Å². The third-order valence-electron chi connectivity index (χ3n) is 4.21. The Kier molecular flexibility index (Phi) is 7.21. The summed E-state index contributed by atoms with van der Waals surface area (Å²) >= 11 is 0. The van der Waals surface area contributed by atoms with Crippen LogP contribution >= 0.6 is 0 Å². The van der Waals surface area contributed by atoms with Gasteiger partial charge < -0.3 is 14.4 Å². The van der Waals surface area contributed by atoms with E-state index in [0.29, 0.717) is 30.8 Å². The number of ether oxygens (including phenoxy) is 2. The molecular weight excluding hydrogens is 330 g/mol. The molecule has 5 heteroatoms. The van der Waals surface area contributed by atoms with Crippen molar-refractivity contribution < 1.29 is 19.1 Å². The van der Waals surface area contributed by atoms with Crippen LogP contribution in [0.25, 0.3) is 0 Å². The van der Waals surface area contributed by atoms with Gasteiger partial charge in [-0.1, -0.05) is 43.3 Å². The number of rotatable bonds is 8. The zero-order chi connectivity index (χ0) is 18.9. The molecule has 0 aliphatic carbocycles. The first-order chi connectivity index (χ1) is 12.5. The zero-order valence-corrected chi connectivity index (χ0v) is 15.5. The fourth-order valence-corrected chi connectivity index (χ4v) is 2.73. The number of esters is 1. The molecule has 1 atom stereocenters. The van der Waals surface area contributed by atoms with Gasteiger partial charge in [0.25, 0.3) is 5.91 Å². The summed E-state index contributed by atoms with van der Waals surface area (Å²) in [4.78, 5) is 26.5. The maximum atomic E-state index is 13.0. The molecule has 0 N–H and O–H groups in total. The van der Waals surface area contributed by atoms with Crippen LogP contribution in [0.4, 0.5) is 0 Å². The molecule has 0 fully saturated rings. The smallest absolute Gasteiger partial charge is 0.310 e. The Bertz CT molecular complexity index is 730. The number of benzene rings is 2. The van der Waals surface area contributed by atoms with Crippen LogP contribution in [-0.2, 0) is 16.0 Å². The van der Waals surface area contributed by atoms with Crippen molar-refractivity contribution in [2.75, 3.05) is 27.3 Å². The Morgan fingerprint density at radius 3 is 2.42 bits per heavy atom. The topological polar surface area (TPSA) is 55.8 Å². The van der Waals surface area contributed by atoms with Crippen molar-refractivity contribution in [1.29, 1.82) is 0 Å². The molecule has 5 nitrogen and oxygen atoms in total. The fraction of sp³-hybridized carbons (Fsp3) is 0.333. The molecule has 0 spiro atoms. The summed E-state index contributed by atoms with van der Waals surface area (Å²) in [6.07, 6.45) is 0.713. The number of carbonyl (C=O) groups excluding carboxylic acids is 2. The summed E-state index contributed by atoms with van der Waals surface area (Å²) in [6, 6.07) is 17.0. The largest absolute Gasteiger partial charge is 0.497 e. The van der Waals surface area contributed by atoms with Gasteiger partial charge in [-0.2, -0.15) is 0 Å². The van der Waals surface area contributed by atoms with E-state index in [9.17, 15) is 9.59 Å². The SMILES string of the molecule is COC(=O)C(C)CN(CCc1ccccc1)C(=O)c1cccc(OC)c1. The predicted molar refractivity (Wildman–Crippen MR) is 100 cm³/mol. The normalized spacial score (nSPS) is 11.5. The van der Waals surface area contributed by atoms with Crippen molar-refractivity contribution in [1.82, 2.24) is 4.90 Å². The lowest BCUT2D eigenvalue weighted by Gasteiger charge is -2.25. The van der Waals surface area contributed by atoms with E-state index >= 15 is 0 Å². The molecule has 2 aromatic carbocycles. The van der Waals surface area contributed by atoms with E-state index in [1.807, 2.05) is 30.3 Å². The highest BCUT2D eigenvalue weighted by atomic mass is 16.5. The van der Waals surface area contributed by atoms with Crippen molar-refractivity contribution in [2.24, 2.45) is 5.92 Å². The Morgan fingerprint density at radius 2 is 1.77 bits per heavy atom. The lowest BCUT2D eigenvalue weighted by atomic mass is 10.1. The minimum absolute atomic E-state index is 0.129. The molecule has 0 aliphatic rings. The zero-order valence-electron chi connectivity index (χ0n) is 15.5. The van der Waals surface area contributed by atoms with Crippen LogP contribution in [0.15, 0.2) is 54.6 Å². The van der Waals surface area contributed by atoms with Crippen LogP contribution in [0.3, 0.4) is 0 Å². The number of hydrogen-bond donors (Lipinski definition) is 0. The Labute approximate surface area is 154 Å². The molecule has 0 aliphatic heterocycles. The van der Waals surface area contributed by atoms with Gasteiger partial charge in [-0.05, 0) is 30.2 Å². The Hall–Kier alpha value is -2.82. The van der Waals surface area contributed by atoms with Gasteiger partial charge in [-0.25, -0.2) is 0 Å². The van der Waals surface area contributed by atoms with E-state index in [1.54, 1.807) is 43.2 Å². The van der Waals surface area contributed by atoms with Gasteiger partial charge in [0.1, 0.15) is 5.75 Å². The number of nitrogens with zero attached hydrogens (tertiary/aromatic N) is 1. The molecule has 0 aromatic heterocycles. The summed E-state index contributed by atoms with van der Waals surface area (Å²) in [7, 11) is 2.92. The summed E-state index contributed by atoms with van der Waals surface area (Å²) in [5.74, 6) is -0.228. The van der Waals surface area contributed by atoms with Crippen molar-refractivity contribution in [3.8, 4) is 5.75 Å². The lowest BCUT2D eigenvalue weighted by Crippen LogP contribution is -2.38. The fourth-order valence-electron chi connectivity index (χ4n) is 2.73. The van der Waals surface area contributed by atoms with Crippen molar-refractivity contribution in [3.05, 3.63) is 65.7 Å². The van der Waals surface area contributed by atoms with Crippen LogP contribution in [0.5, 0.6) is 5.75 Å². The van der Waals surface area contributed by atoms with Gasteiger partial charge in [0.05, 0.1) is 20.1 Å². The molecule has 0 radical (unpaired) electrons. The van der Waals surface area contributed by atoms with Gasteiger partial charge in [-0.15, -0.1) is 0 Å². The van der Waals surface area contributed by atoms with E-state index in [4.69, 9.17) is 9.47 Å². The standard InChI is InChI=1S/C21H25NO4/c1-16(21(24)26-3)15-22(13-12-17-8-5-4-6-9-17)20(23)18-10-7-11-19(14-18)25-2/h4-11,14,16H,12-13,15H2,1-3H3. The summed E-state index contributed by atoms with van der Waals surface area (Å²) in [6.45, 7) is 2.58. The van der Waals surface area contributed by atoms with E-state index < -0.39 is 5.92 Å². The van der Waals surface area contributed by atoms with Crippen LogP contribution in [0.2, 0.25) is 0 Å². The monoisotopic (exact) mass is 355 g/mol. The van der Waals surface area contributed by atoms with E-state index in [-0.39, 0.29) is 11.9 Å². The first-order valence-electron chi connectivity index (χ1n) is 8.60. The molecule has 0 saturated carbocycles. The Morgan fingerprint density at radius 1 is 1.04 bits per heavy atom. The average Bonchev–Trinajstić information content (AvgIpc) is 2.70. The third kappa shape index (κ3) is 5.34. The van der Waals surface area contributed by atoms with Gasteiger partial charge in [0.2, 0.25) is 0 Å². The minimum atomic E-state index is -0.398. The second kappa shape index (κ2) is 9.61. The van der Waals surface area contributed by atoms with E-state index in [1.165, 1.54) is 7.11 Å². The van der Waals surface area contributed by atoms with Crippen molar-refractivity contribution >= 4 is 11.9 Å². The van der Waals surface area contributed by atoms with Crippen LogP contribution in [0, 0.1) is 5.92 Å². The van der Waals surface area contributed by atoms with E-state index in [2.05, 4.69) is 0 Å². The van der Waals surface area contributed by atoms with Gasteiger partial charge in [0.15, 0.2) is 0 Å². The van der Waals surface area contributed by atoms with Gasteiger partial charge in [-0.3, -0.25) is 9.59 Å². The Balaban J connectivity index is 2.17. The molecule has 26 heavy (non-hydrogen) atoms. The van der Waals surface area contributed by atoms with Gasteiger partial charge >= 0.3 is 5.97 Å². The lowest BCUT2D eigenvalue weighted by molar-refractivity contribution is -0.145. The van der Waals surface area contributed by atoms with E-state index in [0.717, 1.165) is 5.56 Å². The average molecular weight is 355 g/mol. The molecule has 0 saturated heterocycles. The quantitative estimate of drug-likeness (QED) is 0.683. The van der Waals surface area contributed by atoms with Crippen molar-refractivity contribution in [2.45, 2.75) is 13.3 Å². The summed E-state index contributed by atoms with van der Waals surface area (Å²) in [5.41, 5.74) is 1.68. The highest BCUT2D eigenvalue weighted by Crippen LogP contribution is 2.16. The highest BCUT2D eigenvalue weighted by molar-refractivity contribution is 5.94. The summed E-state index contributed by atoms with van der Waals surface area (Å²) < 4.78 is 10.0. The van der Waals surface area contributed by atoms with Crippen LogP contribution in [0.1, 0.15) is 22.8 Å². The molecule has 1 unspecified atom stereocenters. The molecule has 0 bridgehead atoms. The summed E-state index contributed by atoms with van der Waals surface area (Å²) in [5, 5.41) is 0. The molecular formula is C21H25NO4. The number of methoxy groups -OCH3 is 2. The first-order valence-corrected chi connectivity index (χ1v) is 8.60. The molecule has 1 amide bonds. The maximum absolute atomic E-state index is 13.0. The highest BCUT2D eigenvalue weighted by Gasteiger charge is 2.22. The molecule has 0 heterocycles. The molecule has 2 aromatic rings. The molecule has 2 rings (SSSR count). The van der Waals surface area contributed by atoms with Gasteiger partial charge in [0, 0.05) is 18.7 Å². The number of amides is 1. The number of hydrogen-bond acceptors (Lipinski definition) is 4. The number of carbonyl (C=O) groups is 2. The second-order valence-corrected chi connectivity index (χ2v) is 6.14. The molecule has 138 valence electrons. The third-order valence-corrected chi connectivity index (χ3v) is 4.21. The van der Waals surface area contributed by atoms with Crippen LogP contribution in [-0.4, -0.2) is 44.1 Å².